The van der Waals surface area contributed by atoms with Gasteiger partial charge in [-0.2, -0.15) is 0 Å². The molecule has 0 saturated heterocycles. The van der Waals surface area contributed by atoms with Crippen LogP contribution in [0.5, 0.6) is 0 Å². The molecule has 2 rings (SSSR count). The topological polar surface area (TPSA) is 0 Å². The molecule has 0 saturated carbocycles. The monoisotopic (exact) mass is 174 g/mol. The number of hydrogen-bond donors (Lipinski definition) is 0. The summed E-state index contributed by atoms with van der Waals surface area (Å²) in [6, 6.07) is 6.98. The summed E-state index contributed by atoms with van der Waals surface area (Å²) in [5.74, 6) is 0.795. The molecule has 1 aromatic rings. The number of benzene rings is 1. The summed E-state index contributed by atoms with van der Waals surface area (Å²) in [5, 5.41) is 0. The van der Waals surface area contributed by atoms with Gasteiger partial charge in [-0.15, -0.1) is 0 Å². The molecule has 0 aromatic heterocycles. The summed E-state index contributed by atoms with van der Waals surface area (Å²) in [7, 11) is 0. The molecule has 0 heterocycles. The molecule has 1 atom stereocenters. The largest absolute Gasteiger partial charge is 0.0582 e. The van der Waals surface area contributed by atoms with E-state index in [2.05, 4.69) is 45.9 Å². The van der Waals surface area contributed by atoms with Crippen LogP contribution >= 0.6 is 0 Å². The Labute approximate surface area is 81.0 Å². The molecule has 70 valence electrons. The van der Waals surface area contributed by atoms with E-state index in [1.165, 1.54) is 12.0 Å². The number of fused-ring (bicyclic) bond motifs is 1. The Balaban J connectivity index is 2.39. The first-order valence-corrected chi connectivity index (χ1v) is 5.12. The third-order valence-corrected chi connectivity index (χ3v) is 3.07. The molecule has 0 spiro atoms. The fourth-order valence-electron chi connectivity index (χ4n) is 2.04. The number of rotatable bonds is 0. The van der Waals surface area contributed by atoms with Crippen LogP contribution in [-0.4, -0.2) is 0 Å². The SMILES string of the molecule is CC1Cc2cc(C(C)(C)C)ccc21. The lowest BCUT2D eigenvalue weighted by Gasteiger charge is -2.30. The molecule has 0 amide bonds. The molecule has 0 nitrogen and oxygen atoms in total. The highest BCUT2D eigenvalue weighted by Gasteiger charge is 2.24. The van der Waals surface area contributed by atoms with E-state index >= 15 is 0 Å². The van der Waals surface area contributed by atoms with Crippen molar-refractivity contribution < 1.29 is 0 Å². The molecule has 0 radical (unpaired) electrons. The fourth-order valence-corrected chi connectivity index (χ4v) is 2.04. The fraction of sp³-hybridized carbons (Fsp3) is 0.538. The van der Waals surface area contributed by atoms with Crippen molar-refractivity contribution in [2.45, 2.75) is 45.4 Å². The number of hydrogen-bond acceptors (Lipinski definition) is 0. The van der Waals surface area contributed by atoms with E-state index in [4.69, 9.17) is 0 Å². The highest BCUT2D eigenvalue weighted by molar-refractivity contribution is 5.43. The second-order valence-corrected chi connectivity index (χ2v) is 5.27. The Hall–Kier alpha value is -0.780. The van der Waals surface area contributed by atoms with Gasteiger partial charge in [0.15, 0.2) is 0 Å². The van der Waals surface area contributed by atoms with Gasteiger partial charge >= 0.3 is 0 Å². The minimum absolute atomic E-state index is 0.299. The molecule has 1 aliphatic carbocycles. The van der Waals surface area contributed by atoms with Gasteiger partial charge in [0, 0.05) is 0 Å². The third-order valence-electron chi connectivity index (χ3n) is 3.07. The quantitative estimate of drug-likeness (QED) is 0.563. The average molecular weight is 174 g/mol. The van der Waals surface area contributed by atoms with Gasteiger partial charge in [0.25, 0.3) is 0 Å². The second kappa shape index (κ2) is 2.60. The van der Waals surface area contributed by atoms with Crippen LogP contribution in [-0.2, 0) is 11.8 Å². The Morgan fingerprint density at radius 1 is 1.23 bits per heavy atom. The Kier molecular flexibility index (Phi) is 1.76. The molecular weight excluding hydrogens is 156 g/mol. The maximum absolute atomic E-state index is 2.38. The maximum Gasteiger partial charge on any atom is -0.0132 e. The van der Waals surface area contributed by atoms with E-state index in [0.29, 0.717) is 5.41 Å². The molecule has 0 bridgehead atoms. The van der Waals surface area contributed by atoms with Crippen molar-refractivity contribution in [3.63, 3.8) is 0 Å². The lowest BCUT2D eigenvalue weighted by molar-refractivity contribution is 0.581. The lowest BCUT2D eigenvalue weighted by atomic mass is 9.75. The lowest BCUT2D eigenvalue weighted by Crippen LogP contribution is -2.18. The van der Waals surface area contributed by atoms with Gasteiger partial charge in [0.1, 0.15) is 0 Å². The molecule has 0 heteroatoms. The highest BCUT2D eigenvalue weighted by Crippen LogP contribution is 2.37. The summed E-state index contributed by atoms with van der Waals surface area (Å²) < 4.78 is 0. The zero-order valence-corrected chi connectivity index (χ0v) is 9.02. The van der Waals surface area contributed by atoms with Crippen LogP contribution in [0.1, 0.15) is 50.3 Å². The first-order chi connectivity index (χ1) is 5.98. The predicted octanol–water partition coefficient (Wildman–Crippen LogP) is 3.64. The first-order valence-electron chi connectivity index (χ1n) is 5.12. The minimum Gasteiger partial charge on any atom is -0.0582 e. The van der Waals surface area contributed by atoms with Crippen molar-refractivity contribution in [1.29, 1.82) is 0 Å². The summed E-state index contributed by atoms with van der Waals surface area (Å²) in [6.07, 6.45) is 1.28. The van der Waals surface area contributed by atoms with Gasteiger partial charge in [-0.1, -0.05) is 45.9 Å². The molecule has 1 aromatic carbocycles. The average Bonchev–Trinajstić information content (AvgIpc) is 2.00. The van der Waals surface area contributed by atoms with Crippen LogP contribution in [0.3, 0.4) is 0 Å². The van der Waals surface area contributed by atoms with Crippen LogP contribution in [0, 0.1) is 0 Å². The van der Waals surface area contributed by atoms with E-state index in [1.54, 1.807) is 11.1 Å². The van der Waals surface area contributed by atoms with Crippen molar-refractivity contribution in [1.82, 2.24) is 0 Å². The smallest absolute Gasteiger partial charge is 0.0132 e. The van der Waals surface area contributed by atoms with Crippen molar-refractivity contribution in [2.24, 2.45) is 0 Å². The van der Waals surface area contributed by atoms with E-state index in [1.807, 2.05) is 0 Å². The molecule has 0 fully saturated rings. The second-order valence-electron chi connectivity index (χ2n) is 5.27. The van der Waals surface area contributed by atoms with Crippen molar-refractivity contribution in [2.75, 3.05) is 0 Å². The van der Waals surface area contributed by atoms with Gasteiger partial charge in [0.2, 0.25) is 0 Å². The van der Waals surface area contributed by atoms with E-state index in [0.717, 1.165) is 5.92 Å². The molecule has 13 heavy (non-hydrogen) atoms. The highest BCUT2D eigenvalue weighted by atomic mass is 14.3. The third kappa shape index (κ3) is 1.39. The van der Waals surface area contributed by atoms with Crippen LogP contribution in [0.4, 0.5) is 0 Å². The molecule has 1 unspecified atom stereocenters. The zero-order chi connectivity index (χ0) is 9.64. The van der Waals surface area contributed by atoms with Gasteiger partial charge in [-0.05, 0) is 34.4 Å². The van der Waals surface area contributed by atoms with E-state index in [9.17, 15) is 0 Å². The molecular formula is C13H18. The first kappa shape index (κ1) is 8.80. The molecule has 1 aliphatic rings. The van der Waals surface area contributed by atoms with Crippen LogP contribution in [0.15, 0.2) is 18.2 Å². The van der Waals surface area contributed by atoms with E-state index in [-0.39, 0.29) is 0 Å². The Morgan fingerprint density at radius 3 is 2.38 bits per heavy atom. The van der Waals surface area contributed by atoms with Gasteiger partial charge in [-0.25, -0.2) is 0 Å². The van der Waals surface area contributed by atoms with Crippen LogP contribution < -0.4 is 0 Å². The van der Waals surface area contributed by atoms with Gasteiger partial charge < -0.3 is 0 Å². The predicted molar refractivity (Wildman–Crippen MR) is 57.3 cm³/mol. The normalized spacial score (nSPS) is 20.8. The minimum atomic E-state index is 0.299. The zero-order valence-electron chi connectivity index (χ0n) is 9.02. The molecule has 0 aliphatic heterocycles. The molecule has 0 N–H and O–H groups in total. The summed E-state index contributed by atoms with van der Waals surface area (Å²) in [6.45, 7) is 9.13. The van der Waals surface area contributed by atoms with E-state index < -0.39 is 0 Å². The summed E-state index contributed by atoms with van der Waals surface area (Å²) in [5.41, 5.74) is 4.90. The van der Waals surface area contributed by atoms with Crippen LogP contribution in [0.25, 0.3) is 0 Å². The standard InChI is InChI=1S/C13H18/c1-9-7-10-8-11(13(2,3)4)5-6-12(9)10/h5-6,8-9H,7H2,1-4H3. The summed E-state index contributed by atoms with van der Waals surface area (Å²) >= 11 is 0. The van der Waals surface area contributed by atoms with Gasteiger partial charge in [0.05, 0.1) is 0 Å². The maximum atomic E-state index is 2.38. The Bertz CT molecular complexity index is 328. The van der Waals surface area contributed by atoms with Crippen molar-refractivity contribution in [3.8, 4) is 0 Å². The van der Waals surface area contributed by atoms with Crippen molar-refractivity contribution >= 4 is 0 Å². The Morgan fingerprint density at radius 2 is 1.92 bits per heavy atom. The van der Waals surface area contributed by atoms with Gasteiger partial charge in [-0.3, -0.25) is 0 Å². The van der Waals surface area contributed by atoms with Crippen molar-refractivity contribution in [3.05, 3.63) is 34.9 Å². The van der Waals surface area contributed by atoms with Crippen LogP contribution in [0.2, 0.25) is 0 Å². The summed E-state index contributed by atoms with van der Waals surface area (Å²) in [4.78, 5) is 0.